The van der Waals surface area contributed by atoms with E-state index in [9.17, 15) is 9.59 Å². The number of aliphatic hydroxyl groups excluding tert-OH is 1. The Balaban J connectivity index is 2.03. The first-order valence-electron chi connectivity index (χ1n) is 5.63. The molecule has 1 saturated carbocycles. The van der Waals surface area contributed by atoms with Gasteiger partial charge in [0.25, 0.3) is 0 Å². The maximum Gasteiger partial charge on any atom is 0.327 e. The van der Waals surface area contributed by atoms with Gasteiger partial charge in [0.15, 0.2) is 0 Å². The lowest BCUT2D eigenvalue weighted by atomic mass is 10.3. The van der Waals surface area contributed by atoms with Crippen LogP contribution in [0.25, 0.3) is 0 Å². The summed E-state index contributed by atoms with van der Waals surface area (Å²) in [6.07, 6.45) is 1.90. The molecule has 2 fully saturated rings. The molecule has 0 bridgehead atoms. The monoisotopic (exact) mass is 260 g/mol. The predicted octanol–water partition coefficient (Wildman–Crippen LogP) is 0.0226. The van der Waals surface area contributed by atoms with Crippen LogP contribution < -0.4 is 0 Å². The van der Waals surface area contributed by atoms with Gasteiger partial charge >= 0.3 is 12.0 Å². The van der Waals surface area contributed by atoms with Gasteiger partial charge in [0, 0.05) is 18.3 Å². The molecular weight excluding hydrogens is 244 g/mol. The second kappa shape index (κ2) is 5.14. The van der Waals surface area contributed by atoms with E-state index in [1.807, 2.05) is 0 Å². The highest BCUT2D eigenvalue weighted by Crippen LogP contribution is 2.30. The first-order chi connectivity index (χ1) is 8.15. The lowest BCUT2D eigenvalue weighted by molar-refractivity contribution is -0.140. The highest BCUT2D eigenvalue weighted by atomic mass is 32.2. The molecule has 0 spiro atoms. The number of carbonyl (C=O) groups excluding carboxylic acids is 1. The van der Waals surface area contributed by atoms with Gasteiger partial charge in [-0.05, 0) is 12.8 Å². The summed E-state index contributed by atoms with van der Waals surface area (Å²) in [5.41, 5.74) is 0. The van der Waals surface area contributed by atoms with Crippen LogP contribution in [0.2, 0.25) is 0 Å². The van der Waals surface area contributed by atoms with Crippen molar-refractivity contribution in [3.63, 3.8) is 0 Å². The average molecular weight is 260 g/mol. The van der Waals surface area contributed by atoms with Crippen LogP contribution in [0.15, 0.2) is 0 Å². The van der Waals surface area contributed by atoms with Crippen LogP contribution in [0.3, 0.4) is 0 Å². The van der Waals surface area contributed by atoms with E-state index in [1.165, 1.54) is 16.7 Å². The zero-order chi connectivity index (χ0) is 12.4. The summed E-state index contributed by atoms with van der Waals surface area (Å²) < 4.78 is 0. The maximum absolute atomic E-state index is 12.2. The molecule has 0 aromatic carbocycles. The highest BCUT2D eigenvalue weighted by Gasteiger charge is 2.40. The second-order valence-electron chi connectivity index (χ2n) is 4.25. The van der Waals surface area contributed by atoms with Gasteiger partial charge in [0.1, 0.15) is 6.04 Å². The third-order valence-electron chi connectivity index (χ3n) is 2.99. The minimum Gasteiger partial charge on any atom is -0.480 e. The summed E-state index contributed by atoms with van der Waals surface area (Å²) in [6, 6.07) is -0.791. The molecule has 1 saturated heterocycles. The van der Waals surface area contributed by atoms with Crippen molar-refractivity contribution in [3.05, 3.63) is 0 Å². The van der Waals surface area contributed by atoms with Gasteiger partial charge < -0.3 is 20.0 Å². The average Bonchev–Trinajstić information content (AvgIpc) is 3.00. The smallest absolute Gasteiger partial charge is 0.327 e. The largest absolute Gasteiger partial charge is 0.480 e. The number of amides is 2. The Bertz CT molecular complexity index is 321. The molecule has 2 rings (SSSR count). The van der Waals surface area contributed by atoms with E-state index in [1.54, 1.807) is 4.90 Å². The lowest BCUT2D eigenvalue weighted by Crippen LogP contribution is -2.50. The Morgan fingerprint density at radius 2 is 2.12 bits per heavy atom. The molecule has 7 heteroatoms. The van der Waals surface area contributed by atoms with Gasteiger partial charge in [-0.3, -0.25) is 0 Å². The number of rotatable bonds is 4. The summed E-state index contributed by atoms with van der Waals surface area (Å²) >= 11 is 1.45. The van der Waals surface area contributed by atoms with Gasteiger partial charge in [0.2, 0.25) is 0 Å². The van der Waals surface area contributed by atoms with Crippen molar-refractivity contribution in [1.82, 2.24) is 9.80 Å². The molecule has 1 heterocycles. The van der Waals surface area contributed by atoms with Crippen molar-refractivity contribution in [2.75, 3.05) is 24.8 Å². The van der Waals surface area contributed by atoms with Crippen LogP contribution in [-0.4, -0.2) is 68.9 Å². The number of aliphatic hydroxyl groups is 1. The number of carboxylic acid groups (broad SMARTS) is 1. The number of hydrogen-bond acceptors (Lipinski definition) is 4. The molecule has 0 aromatic rings. The normalized spacial score (nSPS) is 23.8. The Hall–Kier alpha value is -0.950. The van der Waals surface area contributed by atoms with Crippen LogP contribution in [0.4, 0.5) is 4.79 Å². The van der Waals surface area contributed by atoms with Crippen LogP contribution in [0.5, 0.6) is 0 Å². The molecule has 0 unspecified atom stereocenters. The van der Waals surface area contributed by atoms with Gasteiger partial charge in [-0.1, -0.05) is 0 Å². The summed E-state index contributed by atoms with van der Waals surface area (Å²) in [5, 5.41) is 18.0. The van der Waals surface area contributed by atoms with E-state index < -0.39 is 12.0 Å². The number of nitrogens with zero attached hydrogens (tertiary/aromatic N) is 2. The fraction of sp³-hybridized carbons (Fsp3) is 0.800. The topological polar surface area (TPSA) is 81.1 Å². The van der Waals surface area contributed by atoms with Crippen molar-refractivity contribution in [1.29, 1.82) is 0 Å². The highest BCUT2D eigenvalue weighted by molar-refractivity contribution is 7.99. The Morgan fingerprint density at radius 3 is 2.65 bits per heavy atom. The molecule has 17 heavy (non-hydrogen) atoms. The molecule has 6 nitrogen and oxygen atoms in total. The molecule has 1 aliphatic carbocycles. The fourth-order valence-electron chi connectivity index (χ4n) is 1.93. The Kier molecular flexibility index (Phi) is 3.78. The van der Waals surface area contributed by atoms with Crippen molar-refractivity contribution in [2.45, 2.75) is 24.9 Å². The SMILES string of the molecule is O=C(O)[C@@H]1CSCN1C(=O)N(CCO)C1CC1. The van der Waals surface area contributed by atoms with Crippen molar-refractivity contribution in [2.24, 2.45) is 0 Å². The first-order valence-corrected chi connectivity index (χ1v) is 6.79. The fourth-order valence-corrected chi connectivity index (χ4v) is 3.07. The quantitative estimate of drug-likeness (QED) is 0.745. The summed E-state index contributed by atoms with van der Waals surface area (Å²) in [4.78, 5) is 26.2. The van der Waals surface area contributed by atoms with Crippen LogP contribution in [0.1, 0.15) is 12.8 Å². The van der Waals surface area contributed by atoms with Crippen LogP contribution >= 0.6 is 11.8 Å². The summed E-state index contributed by atoms with van der Waals surface area (Å²) in [6.45, 7) is 0.206. The van der Waals surface area contributed by atoms with Crippen molar-refractivity contribution < 1.29 is 19.8 Å². The van der Waals surface area contributed by atoms with Gasteiger partial charge in [-0.2, -0.15) is 0 Å². The second-order valence-corrected chi connectivity index (χ2v) is 5.25. The lowest BCUT2D eigenvalue weighted by Gasteiger charge is -2.29. The van der Waals surface area contributed by atoms with E-state index in [0.29, 0.717) is 11.6 Å². The molecule has 2 N–H and O–H groups in total. The van der Waals surface area contributed by atoms with E-state index in [0.717, 1.165) is 12.8 Å². The minimum absolute atomic E-state index is 0.0824. The van der Waals surface area contributed by atoms with E-state index in [4.69, 9.17) is 10.2 Å². The predicted molar refractivity (Wildman–Crippen MR) is 62.8 cm³/mol. The number of thioether (sulfide) groups is 1. The van der Waals surface area contributed by atoms with Gasteiger partial charge in [-0.15, -0.1) is 11.8 Å². The molecule has 2 aliphatic rings. The Morgan fingerprint density at radius 1 is 1.41 bits per heavy atom. The molecular formula is C10H16N2O4S. The number of aliphatic carboxylic acids is 1. The zero-order valence-electron chi connectivity index (χ0n) is 9.41. The number of carbonyl (C=O) groups is 2. The molecule has 0 aromatic heterocycles. The van der Waals surface area contributed by atoms with E-state index >= 15 is 0 Å². The maximum atomic E-state index is 12.2. The molecule has 1 aliphatic heterocycles. The number of hydrogen-bond donors (Lipinski definition) is 2. The Labute approximate surface area is 104 Å². The summed E-state index contributed by atoms with van der Waals surface area (Å²) in [7, 11) is 0. The van der Waals surface area contributed by atoms with Gasteiger partial charge in [-0.25, -0.2) is 9.59 Å². The summed E-state index contributed by atoms with van der Waals surface area (Å²) in [5.74, 6) is -0.0912. The number of urea groups is 1. The van der Waals surface area contributed by atoms with E-state index in [2.05, 4.69) is 0 Å². The van der Waals surface area contributed by atoms with Crippen molar-refractivity contribution in [3.8, 4) is 0 Å². The molecule has 1 atom stereocenters. The van der Waals surface area contributed by atoms with Gasteiger partial charge in [0.05, 0.1) is 12.5 Å². The third-order valence-corrected chi connectivity index (χ3v) is 4.00. The zero-order valence-corrected chi connectivity index (χ0v) is 10.2. The number of carboxylic acids is 1. The van der Waals surface area contributed by atoms with Crippen LogP contribution in [0, 0.1) is 0 Å². The molecule has 2 amide bonds. The molecule has 96 valence electrons. The first kappa shape index (κ1) is 12.5. The third kappa shape index (κ3) is 2.66. The van der Waals surface area contributed by atoms with Crippen LogP contribution in [-0.2, 0) is 4.79 Å². The van der Waals surface area contributed by atoms with E-state index in [-0.39, 0.29) is 25.2 Å². The minimum atomic E-state index is -0.955. The molecule has 0 radical (unpaired) electrons. The van der Waals surface area contributed by atoms with Crippen molar-refractivity contribution >= 4 is 23.8 Å². The standard InChI is InChI=1S/C10H16N2O4S/c13-4-3-11(7-1-2-7)10(16)12-6-17-5-8(12)9(14)15/h7-8,13H,1-6H2,(H,14,15)/t8-/m0/s1.